The van der Waals surface area contributed by atoms with Gasteiger partial charge in [-0.2, -0.15) is 0 Å². The van der Waals surface area contributed by atoms with Crippen LogP contribution < -0.4 is 20.1 Å². The standard InChI is InChI=1S/C16H23N3O5/c1-3-24-15-8-12(13(19(21)22)9-14(15)23-2)16(20)18-7-5-11-4-6-17-10-11/h8-9,11,17H,3-7,10H2,1-2H3,(H,18,20). The number of benzene rings is 1. The zero-order valence-electron chi connectivity index (χ0n) is 14.0. The molecule has 1 fully saturated rings. The Morgan fingerprint density at radius 2 is 2.25 bits per heavy atom. The van der Waals surface area contributed by atoms with Gasteiger partial charge >= 0.3 is 0 Å². The lowest BCUT2D eigenvalue weighted by Crippen LogP contribution is -2.27. The van der Waals surface area contributed by atoms with Crippen molar-refractivity contribution in [2.24, 2.45) is 5.92 Å². The van der Waals surface area contributed by atoms with Crippen LogP contribution in [0.2, 0.25) is 0 Å². The second-order valence-electron chi connectivity index (χ2n) is 5.61. The summed E-state index contributed by atoms with van der Waals surface area (Å²) in [5.41, 5.74) is -0.316. The number of methoxy groups -OCH3 is 1. The van der Waals surface area contributed by atoms with Crippen LogP contribution >= 0.6 is 0 Å². The number of nitrogens with one attached hydrogen (secondary N) is 2. The first-order valence-electron chi connectivity index (χ1n) is 8.05. The second-order valence-corrected chi connectivity index (χ2v) is 5.61. The van der Waals surface area contributed by atoms with E-state index in [0.717, 1.165) is 25.9 Å². The lowest BCUT2D eigenvalue weighted by molar-refractivity contribution is -0.385. The van der Waals surface area contributed by atoms with Crippen LogP contribution in [0.1, 0.15) is 30.1 Å². The Bertz CT molecular complexity index is 600. The molecule has 0 bridgehead atoms. The van der Waals surface area contributed by atoms with Gasteiger partial charge < -0.3 is 20.1 Å². The molecule has 1 saturated heterocycles. The van der Waals surface area contributed by atoms with E-state index in [0.29, 0.717) is 24.8 Å². The summed E-state index contributed by atoms with van der Waals surface area (Å²) in [6, 6.07) is 2.59. The average molecular weight is 337 g/mol. The molecule has 2 rings (SSSR count). The van der Waals surface area contributed by atoms with E-state index < -0.39 is 10.8 Å². The van der Waals surface area contributed by atoms with Crippen molar-refractivity contribution in [3.63, 3.8) is 0 Å². The number of hydrogen-bond donors (Lipinski definition) is 2. The SMILES string of the molecule is CCOc1cc(C(=O)NCCC2CCNC2)c([N+](=O)[O-])cc1OC. The van der Waals surface area contributed by atoms with Crippen LogP contribution in [-0.2, 0) is 0 Å². The fourth-order valence-electron chi connectivity index (χ4n) is 2.76. The number of nitro benzene ring substituents is 1. The molecule has 2 N–H and O–H groups in total. The van der Waals surface area contributed by atoms with Gasteiger partial charge in [0.15, 0.2) is 11.5 Å². The zero-order chi connectivity index (χ0) is 17.5. The number of amides is 1. The largest absolute Gasteiger partial charge is 0.493 e. The first-order valence-corrected chi connectivity index (χ1v) is 8.05. The molecule has 0 radical (unpaired) electrons. The van der Waals surface area contributed by atoms with Crippen molar-refractivity contribution in [1.29, 1.82) is 0 Å². The summed E-state index contributed by atoms with van der Waals surface area (Å²) in [5, 5.41) is 17.3. The van der Waals surface area contributed by atoms with E-state index >= 15 is 0 Å². The first-order chi connectivity index (χ1) is 11.6. The summed E-state index contributed by atoms with van der Waals surface area (Å²) in [4.78, 5) is 23.1. The lowest BCUT2D eigenvalue weighted by Gasteiger charge is -2.13. The van der Waals surface area contributed by atoms with Gasteiger partial charge in [-0.3, -0.25) is 14.9 Å². The molecule has 132 valence electrons. The first kappa shape index (κ1) is 18.0. The average Bonchev–Trinajstić information content (AvgIpc) is 3.07. The summed E-state index contributed by atoms with van der Waals surface area (Å²) in [7, 11) is 1.40. The Morgan fingerprint density at radius 3 is 2.83 bits per heavy atom. The Hall–Kier alpha value is -2.35. The van der Waals surface area contributed by atoms with Crippen LogP contribution in [0.25, 0.3) is 0 Å². The second kappa shape index (κ2) is 8.49. The molecular formula is C16H23N3O5. The van der Waals surface area contributed by atoms with Crippen molar-refractivity contribution < 1.29 is 19.2 Å². The van der Waals surface area contributed by atoms with E-state index in [4.69, 9.17) is 9.47 Å². The number of hydrogen-bond acceptors (Lipinski definition) is 6. The van der Waals surface area contributed by atoms with E-state index in [1.807, 2.05) is 0 Å². The third-order valence-corrected chi connectivity index (χ3v) is 4.02. The van der Waals surface area contributed by atoms with Gasteiger partial charge in [0.05, 0.1) is 24.7 Å². The number of nitrogens with zero attached hydrogens (tertiary/aromatic N) is 1. The Kier molecular flexibility index (Phi) is 6.36. The smallest absolute Gasteiger partial charge is 0.286 e. The number of rotatable bonds is 8. The number of carbonyl (C=O) groups is 1. The molecule has 1 heterocycles. The molecule has 0 aliphatic carbocycles. The van der Waals surface area contributed by atoms with E-state index in [1.54, 1.807) is 6.92 Å². The van der Waals surface area contributed by atoms with Gasteiger partial charge in [0, 0.05) is 12.6 Å². The van der Waals surface area contributed by atoms with Crippen molar-refractivity contribution in [3.05, 3.63) is 27.8 Å². The van der Waals surface area contributed by atoms with Crippen molar-refractivity contribution in [1.82, 2.24) is 10.6 Å². The minimum Gasteiger partial charge on any atom is -0.493 e. The molecule has 8 nitrogen and oxygen atoms in total. The zero-order valence-corrected chi connectivity index (χ0v) is 14.0. The summed E-state index contributed by atoms with van der Waals surface area (Å²) < 4.78 is 10.5. The number of nitro groups is 1. The molecule has 24 heavy (non-hydrogen) atoms. The fraction of sp³-hybridized carbons (Fsp3) is 0.562. The van der Waals surface area contributed by atoms with Crippen molar-refractivity contribution in [3.8, 4) is 11.5 Å². The highest BCUT2D eigenvalue weighted by atomic mass is 16.6. The minimum absolute atomic E-state index is 0.0196. The molecule has 0 aromatic heterocycles. The summed E-state index contributed by atoms with van der Waals surface area (Å²) in [6.45, 7) is 4.59. The summed E-state index contributed by atoms with van der Waals surface area (Å²) in [6.07, 6.45) is 1.94. The maximum absolute atomic E-state index is 12.4. The highest BCUT2D eigenvalue weighted by Gasteiger charge is 2.25. The van der Waals surface area contributed by atoms with Crippen LogP contribution in [0.15, 0.2) is 12.1 Å². The predicted molar refractivity (Wildman–Crippen MR) is 88.7 cm³/mol. The molecule has 1 aromatic rings. The molecule has 1 unspecified atom stereocenters. The van der Waals surface area contributed by atoms with E-state index in [2.05, 4.69) is 10.6 Å². The van der Waals surface area contributed by atoms with Gasteiger partial charge in [0.1, 0.15) is 5.56 Å². The molecule has 0 spiro atoms. The molecule has 0 saturated carbocycles. The maximum Gasteiger partial charge on any atom is 0.286 e. The highest BCUT2D eigenvalue weighted by Crippen LogP contribution is 2.34. The Labute approximate surface area is 140 Å². The van der Waals surface area contributed by atoms with Gasteiger partial charge in [0.25, 0.3) is 11.6 Å². The molecular weight excluding hydrogens is 314 g/mol. The molecule has 1 amide bonds. The summed E-state index contributed by atoms with van der Waals surface area (Å²) in [5.74, 6) is 0.610. The van der Waals surface area contributed by atoms with Crippen LogP contribution in [0.5, 0.6) is 11.5 Å². The Morgan fingerprint density at radius 1 is 1.46 bits per heavy atom. The van der Waals surface area contributed by atoms with Crippen LogP contribution in [-0.4, -0.2) is 44.2 Å². The summed E-state index contributed by atoms with van der Waals surface area (Å²) >= 11 is 0. The monoisotopic (exact) mass is 337 g/mol. The Balaban J connectivity index is 2.14. The number of ether oxygens (including phenoxy) is 2. The third kappa shape index (κ3) is 4.35. The molecule has 1 aliphatic heterocycles. The normalized spacial score (nSPS) is 16.7. The molecule has 1 atom stereocenters. The molecule has 8 heteroatoms. The van der Waals surface area contributed by atoms with Crippen LogP contribution in [0, 0.1) is 16.0 Å². The van der Waals surface area contributed by atoms with Crippen LogP contribution in [0.3, 0.4) is 0 Å². The van der Waals surface area contributed by atoms with Gasteiger partial charge in [-0.15, -0.1) is 0 Å². The highest BCUT2D eigenvalue weighted by molar-refractivity contribution is 5.99. The third-order valence-electron chi connectivity index (χ3n) is 4.02. The fourth-order valence-corrected chi connectivity index (χ4v) is 2.76. The molecule has 1 aromatic carbocycles. The van der Waals surface area contributed by atoms with Gasteiger partial charge in [-0.05, 0) is 38.8 Å². The van der Waals surface area contributed by atoms with Crippen molar-refractivity contribution in [2.75, 3.05) is 33.4 Å². The van der Waals surface area contributed by atoms with E-state index in [1.165, 1.54) is 19.2 Å². The lowest BCUT2D eigenvalue weighted by atomic mass is 10.1. The number of carbonyl (C=O) groups excluding carboxylic acids is 1. The van der Waals surface area contributed by atoms with Crippen molar-refractivity contribution >= 4 is 11.6 Å². The molecule has 1 aliphatic rings. The maximum atomic E-state index is 12.4. The minimum atomic E-state index is -0.589. The predicted octanol–water partition coefficient (Wildman–Crippen LogP) is 1.73. The van der Waals surface area contributed by atoms with E-state index in [9.17, 15) is 14.9 Å². The van der Waals surface area contributed by atoms with Crippen LogP contribution in [0.4, 0.5) is 5.69 Å². The van der Waals surface area contributed by atoms with E-state index in [-0.39, 0.29) is 17.0 Å². The quantitative estimate of drug-likeness (QED) is 0.553. The van der Waals surface area contributed by atoms with Gasteiger partial charge in [-0.1, -0.05) is 0 Å². The van der Waals surface area contributed by atoms with Gasteiger partial charge in [0.2, 0.25) is 0 Å². The van der Waals surface area contributed by atoms with Gasteiger partial charge in [-0.25, -0.2) is 0 Å². The van der Waals surface area contributed by atoms with Crippen molar-refractivity contribution in [2.45, 2.75) is 19.8 Å². The topological polar surface area (TPSA) is 103 Å².